The highest BCUT2D eigenvalue weighted by atomic mass is 79.9. The van der Waals surface area contributed by atoms with Crippen molar-refractivity contribution in [2.45, 2.75) is 13.5 Å². The van der Waals surface area contributed by atoms with E-state index >= 15 is 0 Å². The first-order chi connectivity index (χ1) is 14.6. The van der Waals surface area contributed by atoms with Gasteiger partial charge in [0.2, 0.25) is 0 Å². The number of benzene rings is 2. The summed E-state index contributed by atoms with van der Waals surface area (Å²) in [6, 6.07) is 19.2. The lowest BCUT2D eigenvalue weighted by atomic mass is 10.1. The largest absolute Gasteiger partial charge is 0.379 e. The number of pyridine rings is 1. The Bertz CT molecular complexity index is 1220. The number of hydrogen-bond donors (Lipinski definition) is 1. The van der Waals surface area contributed by atoms with Gasteiger partial charge in [0.15, 0.2) is 0 Å². The number of nitrogens with one attached hydrogen (secondary N) is 1. The monoisotopic (exact) mass is 459 g/mol. The summed E-state index contributed by atoms with van der Waals surface area (Å²) in [7, 11) is 0. The summed E-state index contributed by atoms with van der Waals surface area (Å²) in [5.74, 6) is 0.486. The highest BCUT2D eigenvalue weighted by Gasteiger charge is 2.28. The molecule has 0 aliphatic carbocycles. The number of anilines is 3. The average molecular weight is 460 g/mol. The lowest BCUT2D eigenvalue weighted by Crippen LogP contribution is -2.27. The number of aromatic nitrogens is 3. The molecule has 4 aromatic rings. The quantitative estimate of drug-likeness (QED) is 0.444. The molecule has 5 rings (SSSR count). The van der Waals surface area contributed by atoms with Gasteiger partial charge in [0.1, 0.15) is 5.82 Å². The Morgan fingerprint density at radius 1 is 1.10 bits per heavy atom. The molecule has 0 spiro atoms. The van der Waals surface area contributed by atoms with E-state index in [9.17, 15) is 4.79 Å². The molecule has 1 N–H and O–H groups in total. The van der Waals surface area contributed by atoms with Crippen LogP contribution in [0.25, 0.3) is 5.69 Å². The van der Waals surface area contributed by atoms with Crippen LogP contribution in [0.1, 0.15) is 21.6 Å². The first-order valence-corrected chi connectivity index (χ1v) is 10.3. The molecule has 1 aliphatic heterocycles. The van der Waals surface area contributed by atoms with E-state index in [0.717, 1.165) is 28.3 Å². The molecule has 3 heterocycles. The molecule has 2 aromatic carbocycles. The van der Waals surface area contributed by atoms with Crippen LogP contribution in [0.15, 0.2) is 77.5 Å². The summed E-state index contributed by atoms with van der Waals surface area (Å²) in [6.45, 7) is 2.54. The maximum atomic E-state index is 13.8. The number of halogens is 1. The van der Waals surface area contributed by atoms with Crippen LogP contribution in [0.2, 0.25) is 0 Å². The third kappa shape index (κ3) is 3.17. The van der Waals surface area contributed by atoms with E-state index in [-0.39, 0.29) is 5.91 Å². The van der Waals surface area contributed by atoms with Crippen LogP contribution in [-0.2, 0) is 6.54 Å². The number of fused-ring (bicyclic) bond motifs is 2. The summed E-state index contributed by atoms with van der Waals surface area (Å²) in [4.78, 5) is 20.0. The minimum Gasteiger partial charge on any atom is -0.379 e. The highest BCUT2D eigenvalue weighted by Crippen LogP contribution is 2.38. The van der Waals surface area contributed by atoms with Gasteiger partial charge in [-0.05, 0) is 65.3 Å². The molecule has 148 valence electrons. The Kier molecular flexibility index (Phi) is 4.59. The van der Waals surface area contributed by atoms with Crippen LogP contribution in [0.3, 0.4) is 0 Å². The Morgan fingerprint density at radius 2 is 1.97 bits per heavy atom. The number of carbonyl (C=O) groups excluding carboxylic acids is 1. The summed E-state index contributed by atoms with van der Waals surface area (Å²) < 4.78 is 2.49. The fourth-order valence-corrected chi connectivity index (χ4v) is 4.13. The zero-order valence-corrected chi connectivity index (χ0v) is 17.8. The number of rotatable bonds is 2. The van der Waals surface area contributed by atoms with Gasteiger partial charge in [-0.25, -0.2) is 9.67 Å². The molecule has 1 aliphatic rings. The van der Waals surface area contributed by atoms with Crippen molar-refractivity contribution in [2.24, 2.45) is 0 Å². The van der Waals surface area contributed by atoms with Gasteiger partial charge in [-0.3, -0.25) is 9.69 Å². The molecule has 0 unspecified atom stereocenters. The lowest BCUT2D eigenvalue weighted by Gasteiger charge is -2.24. The van der Waals surface area contributed by atoms with Crippen molar-refractivity contribution >= 4 is 39.0 Å². The molecular weight excluding hydrogens is 442 g/mol. The van der Waals surface area contributed by atoms with E-state index in [1.807, 2.05) is 73.8 Å². The van der Waals surface area contributed by atoms with Crippen molar-refractivity contribution in [3.63, 3.8) is 0 Å². The number of hydrogen-bond acceptors (Lipinski definition) is 4. The Balaban J connectivity index is 1.61. The standard InChI is InChI=1S/C23H18BrN5O/c1-15-10-12-28(27-15)17-8-9-18(19(24)13-17)23(30)29-21-7-3-2-6-20(21)26-14-16-5-4-11-25-22(16)29/h2-13,26H,14H2,1H3. The summed E-state index contributed by atoms with van der Waals surface area (Å²) >= 11 is 3.59. The van der Waals surface area contributed by atoms with Gasteiger partial charge >= 0.3 is 0 Å². The smallest absolute Gasteiger partial charge is 0.265 e. The fraction of sp³-hybridized carbons (Fsp3) is 0.0870. The topological polar surface area (TPSA) is 63.1 Å². The molecule has 0 bridgehead atoms. The third-order valence-electron chi connectivity index (χ3n) is 5.07. The molecule has 2 aromatic heterocycles. The van der Waals surface area contributed by atoms with Crippen molar-refractivity contribution in [3.05, 3.63) is 94.4 Å². The molecule has 0 radical (unpaired) electrons. The number of nitrogens with zero attached hydrogens (tertiary/aromatic N) is 4. The Labute approximate surface area is 182 Å². The SMILES string of the molecule is Cc1ccn(-c2ccc(C(=O)N3c4ccccc4NCc4cccnc43)c(Br)c2)n1. The molecule has 0 atom stereocenters. The molecular formula is C23H18BrN5O. The zero-order chi connectivity index (χ0) is 20.7. The van der Waals surface area contributed by atoms with Crippen molar-refractivity contribution < 1.29 is 4.79 Å². The van der Waals surface area contributed by atoms with Crippen LogP contribution in [0.5, 0.6) is 0 Å². The Morgan fingerprint density at radius 3 is 2.77 bits per heavy atom. The van der Waals surface area contributed by atoms with E-state index in [0.29, 0.717) is 22.4 Å². The number of carbonyl (C=O) groups is 1. The molecule has 6 nitrogen and oxygen atoms in total. The van der Waals surface area contributed by atoms with E-state index in [4.69, 9.17) is 0 Å². The Hall–Kier alpha value is -3.45. The average Bonchev–Trinajstić information content (AvgIpc) is 3.12. The first kappa shape index (κ1) is 18.6. The summed E-state index contributed by atoms with van der Waals surface area (Å²) in [6.07, 6.45) is 3.61. The van der Waals surface area contributed by atoms with Gasteiger partial charge in [-0.15, -0.1) is 0 Å². The maximum absolute atomic E-state index is 13.8. The first-order valence-electron chi connectivity index (χ1n) is 9.55. The van der Waals surface area contributed by atoms with Gasteiger partial charge in [-0.2, -0.15) is 5.10 Å². The van der Waals surface area contributed by atoms with Gasteiger partial charge in [-0.1, -0.05) is 18.2 Å². The molecule has 1 amide bonds. The maximum Gasteiger partial charge on any atom is 0.265 e. The number of amides is 1. The molecule has 0 fully saturated rings. The molecule has 0 saturated heterocycles. The van der Waals surface area contributed by atoms with Crippen LogP contribution in [-0.4, -0.2) is 20.7 Å². The van der Waals surface area contributed by atoms with E-state index in [1.165, 1.54) is 0 Å². The van der Waals surface area contributed by atoms with Crippen molar-refractivity contribution in [3.8, 4) is 5.69 Å². The van der Waals surface area contributed by atoms with Gasteiger partial charge < -0.3 is 5.32 Å². The summed E-state index contributed by atoms with van der Waals surface area (Å²) in [5, 5.41) is 7.85. The minimum atomic E-state index is -0.152. The van der Waals surface area contributed by atoms with Crippen LogP contribution >= 0.6 is 15.9 Å². The van der Waals surface area contributed by atoms with Gasteiger partial charge in [0.05, 0.1) is 28.3 Å². The second-order valence-electron chi connectivity index (χ2n) is 7.06. The summed E-state index contributed by atoms with van der Waals surface area (Å²) in [5.41, 5.74) is 4.99. The highest BCUT2D eigenvalue weighted by molar-refractivity contribution is 9.10. The minimum absolute atomic E-state index is 0.152. The van der Waals surface area contributed by atoms with Gasteiger partial charge in [0, 0.05) is 29.0 Å². The van der Waals surface area contributed by atoms with E-state index in [2.05, 4.69) is 31.3 Å². The number of para-hydroxylation sites is 2. The van der Waals surface area contributed by atoms with E-state index in [1.54, 1.807) is 15.8 Å². The predicted octanol–water partition coefficient (Wildman–Crippen LogP) is 5.24. The van der Waals surface area contributed by atoms with Crippen molar-refractivity contribution in [1.29, 1.82) is 0 Å². The zero-order valence-electron chi connectivity index (χ0n) is 16.2. The molecule has 7 heteroatoms. The van der Waals surface area contributed by atoms with Crippen molar-refractivity contribution in [1.82, 2.24) is 14.8 Å². The number of aryl methyl sites for hydroxylation is 1. The van der Waals surface area contributed by atoms with Crippen LogP contribution < -0.4 is 10.2 Å². The molecule has 30 heavy (non-hydrogen) atoms. The normalized spacial score (nSPS) is 12.5. The van der Waals surface area contributed by atoms with Gasteiger partial charge in [0.25, 0.3) is 5.91 Å². The molecule has 0 saturated carbocycles. The van der Waals surface area contributed by atoms with E-state index < -0.39 is 0 Å². The second-order valence-corrected chi connectivity index (χ2v) is 7.92. The van der Waals surface area contributed by atoms with Crippen LogP contribution in [0, 0.1) is 6.92 Å². The second kappa shape index (κ2) is 7.42. The predicted molar refractivity (Wildman–Crippen MR) is 120 cm³/mol. The lowest BCUT2D eigenvalue weighted by molar-refractivity contribution is 0.0998. The van der Waals surface area contributed by atoms with Crippen molar-refractivity contribution in [2.75, 3.05) is 10.2 Å². The third-order valence-corrected chi connectivity index (χ3v) is 5.72. The van der Waals surface area contributed by atoms with Crippen LogP contribution in [0.4, 0.5) is 17.2 Å². The fourth-order valence-electron chi connectivity index (χ4n) is 3.60.